The zero-order valence-electron chi connectivity index (χ0n) is 49.3. The number of aliphatic carboxylic acids is 3. The van der Waals surface area contributed by atoms with E-state index in [9.17, 15) is 93.5 Å². The second kappa shape index (κ2) is 35.9. The van der Waals surface area contributed by atoms with Crippen molar-refractivity contribution in [2.45, 2.75) is 153 Å². The van der Waals surface area contributed by atoms with Gasteiger partial charge in [-0.25, -0.2) is 33.6 Å². The van der Waals surface area contributed by atoms with E-state index in [4.69, 9.17) is 50.6 Å². The smallest absolute Gasteiger partial charge is 0.480 e. The molecule has 6 heterocycles. The number of halogens is 6. The van der Waals surface area contributed by atoms with Gasteiger partial charge in [0.25, 0.3) is 11.8 Å². The fraction of sp³-hybridized carbons (Fsp3) is 0.481. The van der Waals surface area contributed by atoms with Gasteiger partial charge < -0.3 is 56.4 Å². The van der Waals surface area contributed by atoms with Gasteiger partial charge in [0.1, 0.15) is 29.3 Å². The van der Waals surface area contributed by atoms with Crippen LogP contribution in [0.1, 0.15) is 147 Å². The lowest BCUT2D eigenvalue weighted by Gasteiger charge is -2.27. The van der Waals surface area contributed by atoms with Crippen LogP contribution < -0.4 is 38.1 Å². The van der Waals surface area contributed by atoms with Crippen molar-refractivity contribution in [3.63, 3.8) is 0 Å². The minimum absolute atomic E-state index is 0.0656. The predicted octanol–water partition coefficient (Wildman–Crippen LogP) is 2.44. The Hall–Kier alpha value is -9.94. The molecule has 4 saturated heterocycles. The molecule has 6 aliphatic rings. The van der Waals surface area contributed by atoms with Gasteiger partial charge >= 0.3 is 54.4 Å². The molecule has 4 fully saturated rings. The van der Waals surface area contributed by atoms with E-state index < -0.39 is 119 Å². The number of carboxylic acid groups (broad SMARTS) is 3. The Morgan fingerprint density at radius 3 is 1.33 bits per heavy atom. The zero-order valence-corrected chi connectivity index (χ0v) is 49.3. The Balaban J connectivity index is 0.000000538. The van der Waals surface area contributed by atoms with Crippen LogP contribution in [0, 0.1) is 0 Å². The first-order valence-corrected chi connectivity index (χ1v) is 26.6. The van der Waals surface area contributed by atoms with Gasteiger partial charge in [0.15, 0.2) is 0 Å². The molecule has 11 amide bonds. The molecule has 2 aromatic carbocycles. The number of imide groups is 4. The van der Waals surface area contributed by atoms with Crippen LogP contribution in [-0.4, -0.2) is 176 Å². The molecule has 4 atom stereocenters. The number of hydrogen-bond acceptors (Lipinski definition) is 21. The van der Waals surface area contributed by atoms with Crippen LogP contribution in [0.4, 0.5) is 35.9 Å². The minimum Gasteiger partial charge on any atom is -0.480 e. The lowest BCUT2D eigenvalue weighted by Crippen LogP contribution is -2.54. The maximum absolute atomic E-state index is 12.2. The standard InChI is InChI=1S/C13H10N2O4.C10H18N2O5.C10H16N2O4.C8H4O3.C5H8N2O2.C4H8O.2C2HF3O2/c16-10-6-5-9(11(17)14-10)15-12(18)7-3-1-2-4-8(7)13(15)19;1-10(2,3)17-9(16)12-6(8(14)15)4-5-7(11)13;1-10(2,3)16-9(15)11-6-4-5-7(13)12-8(6)14;9-7-5-3-1-2-4-6(5)8(10)11-7;6-3-1-2-4(8)7-5(3)9;1-2-4-5-3-1;2*3-2(4,5)1(6)7/h1-4,9H,5-6H2,(H,14,16,17);6H,4-5H2,1-3H3,(H2,11,13)(H,12,16)(H,14,15);6H,4-5H2,1-3H3,(H,11,15)(H,12,13,14);1-4H;3H,1-2,6H2,(H,7,8,9);1-4H2;2*(H,6,7). The average Bonchev–Trinajstić information content (AvgIpc) is 1.63. The van der Waals surface area contributed by atoms with Gasteiger partial charge in [0.05, 0.1) is 28.3 Å². The van der Waals surface area contributed by atoms with E-state index in [2.05, 4.69) is 31.3 Å². The van der Waals surface area contributed by atoms with Gasteiger partial charge in [-0.2, -0.15) is 26.3 Å². The quantitative estimate of drug-likeness (QED) is 0.0625. The summed E-state index contributed by atoms with van der Waals surface area (Å²) in [5.74, 6) is -11.8. The number of carbonyl (C=O) groups is 16. The van der Waals surface area contributed by atoms with E-state index >= 15 is 0 Å². The molecule has 0 saturated carbocycles. The molecule has 502 valence electrons. The summed E-state index contributed by atoms with van der Waals surface area (Å²) in [5, 5.41) is 34.1. The van der Waals surface area contributed by atoms with Crippen LogP contribution >= 0.6 is 0 Å². The van der Waals surface area contributed by atoms with E-state index in [1.807, 2.05) is 0 Å². The highest BCUT2D eigenvalue weighted by atomic mass is 19.4. The van der Waals surface area contributed by atoms with Crippen molar-refractivity contribution in [2.75, 3.05) is 13.2 Å². The monoisotopic (exact) mass is 1310 g/mol. The third-order valence-corrected chi connectivity index (χ3v) is 11.1. The Labute approximate surface area is 511 Å². The largest absolute Gasteiger partial charge is 0.490 e. The molecule has 6 aliphatic heterocycles. The summed E-state index contributed by atoms with van der Waals surface area (Å²) in [6.45, 7) is 12.2. The molecule has 12 N–H and O–H groups in total. The second-order valence-electron chi connectivity index (χ2n) is 20.9. The average molecular weight is 1310 g/mol. The fourth-order valence-electron chi connectivity index (χ4n) is 6.95. The van der Waals surface area contributed by atoms with Gasteiger partial charge in [-0.1, -0.05) is 24.3 Å². The molecule has 37 heteroatoms. The Morgan fingerprint density at radius 1 is 0.604 bits per heavy atom. The summed E-state index contributed by atoms with van der Waals surface area (Å²) in [4.78, 5) is 175. The Kier molecular flexibility index (Phi) is 31.2. The number of nitrogens with two attached hydrogens (primary N) is 2. The number of cyclic esters (lactones) is 2. The number of carboxylic acids is 3. The second-order valence-corrected chi connectivity index (χ2v) is 20.9. The van der Waals surface area contributed by atoms with Crippen molar-refractivity contribution in [2.24, 2.45) is 11.5 Å². The number of rotatable bonds is 7. The number of nitrogens with one attached hydrogen (secondary N) is 5. The molecule has 0 aromatic heterocycles. The van der Waals surface area contributed by atoms with Gasteiger partial charge in [-0.15, -0.1) is 0 Å². The topological polar surface area (TPSA) is 486 Å². The number of esters is 2. The molecule has 8 rings (SSSR count). The first kappa shape index (κ1) is 79.1. The van der Waals surface area contributed by atoms with Gasteiger partial charge in [0.2, 0.25) is 41.4 Å². The number of benzene rings is 2. The maximum Gasteiger partial charge on any atom is 0.490 e. The minimum atomic E-state index is -5.08. The first-order valence-electron chi connectivity index (χ1n) is 26.6. The van der Waals surface area contributed by atoms with E-state index in [0.29, 0.717) is 41.5 Å². The molecule has 0 spiro atoms. The number of amides is 11. The summed E-state index contributed by atoms with van der Waals surface area (Å²) in [7, 11) is 0. The molecule has 4 unspecified atom stereocenters. The van der Waals surface area contributed by atoms with E-state index in [1.165, 1.54) is 12.8 Å². The zero-order chi connectivity index (χ0) is 69.9. The Morgan fingerprint density at radius 2 is 0.989 bits per heavy atom. The number of alkyl halides is 6. The molecular formula is C54H66F6N8O23. The SMILES string of the molecule is C1CCOC1.CC(C)(C)OC(=O)NC(CCC(N)=O)C(=O)O.CC(C)(C)OC(=O)NC1CCC(=O)NC1=O.NC1CCC(=O)NC1=O.O=C(O)C(F)(F)F.O=C(O)C(F)(F)F.O=C1CCC(N2C(=O)c3ccccc3C2=O)C(=O)N1.O=C1OC(=O)c2ccccc21. The number of piperidine rings is 3. The number of primary amides is 1. The van der Waals surface area contributed by atoms with Crippen LogP contribution in [0.2, 0.25) is 0 Å². The highest BCUT2D eigenvalue weighted by Crippen LogP contribution is 2.27. The van der Waals surface area contributed by atoms with Gasteiger partial charge in [-0.3, -0.25) is 64.0 Å². The van der Waals surface area contributed by atoms with Gasteiger partial charge in [0, 0.05) is 38.9 Å². The molecule has 0 bridgehead atoms. The number of carbonyl (C=O) groups excluding carboxylic acids is 13. The normalized spacial score (nSPS) is 18.4. The number of fused-ring (bicyclic) bond motifs is 2. The van der Waals surface area contributed by atoms with Crippen LogP contribution in [0.25, 0.3) is 0 Å². The van der Waals surface area contributed by atoms with E-state index in [0.717, 1.165) is 18.1 Å². The van der Waals surface area contributed by atoms with Crippen LogP contribution in [0.15, 0.2) is 48.5 Å². The third kappa shape index (κ3) is 30.2. The Bertz CT molecular complexity index is 2950. The molecule has 0 radical (unpaired) electrons. The summed E-state index contributed by atoms with van der Waals surface area (Å²) in [6.07, 6.45) is -7.60. The first-order chi connectivity index (χ1) is 41.9. The number of alkyl carbamates (subject to hydrolysis) is 2. The van der Waals surface area contributed by atoms with E-state index in [-0.39, 0.29) is 55.7 Å². The van der Waals surface area contributed by atoms with Crippen LogP contribution in [0.3, 0.4) is 0 Å². The number of nitrogens with zero attached hydrogens (tertiary/aromatic N) is 1. The summed E-state index contributed by atoms with van der Waals surface area (Å²) < 4.78 is 82.7. The predicted molar refractivity (Wildman–Crippen MR) is 292 cm³/mol. The molecule has 0 aliphatic carbocycles. The molecule has 91 heavy (non-hydrogen) atoms. The van der Waals surface area contributed by atoms with Crippen LogP contribution in [0.5, 0.6) is 0 Å². The van der Waals surface area contributed by atoms with Crippen molar-refractivity contribution >= 4 is 95.2 Å². The van der Waals surface area contributed by atoms with Crippen molar-refractivity contribution < 1.29 is 137 Å². The molecule has 31 nitrogen and oxygen atoms in total. The van der Waals surface area contributed by atoms with Crippen LogP contribution in [-0.2, 0) is 66.9 Å². The maximum atomic E-state index is 12.2. The van der Waals surface area contributed by atoms with Gasteiger partial charge in [-0.05, 0) is 104 Å². The number of hydrogen-bond donors (Lipinski definition) is 10. The van der Waals surface area contributed by atoms with Crippen molar-refractivity contribution in [3.8, 4) is 0 Å². The fourth-order valence-corrected chi connectivity index (χ4v) is 6.95. The summed E-state index contributed by atoms with van der Waals surface area (Å²) in [5.41, 5.74) is 10.2. The van der Waals surface area contributed by atoms with Crippen molar-refractivity contribution in [1.82, 2.24) is 31.5 Å². The highest BCUT2D eigenvalue weighted by molar-refractivity contribution is 6.23. The molecule has 2 aromatic rings. The number of ether oxygens (including phenoxy) is 4. The lowest BCUT2D eigenvalue weighted by molar-refractivity contribution is -0.193. The van der Waals surface area contributed by atoms with Crippen molar-refractivity contribution in [1.29, 1.82) is 0 Å². The lowest BCUT2D eigenvalue weighted by atomic mass is 10.0. The van der Waals surface area contributed by atoms with Crippen molar-refractivity contribution in [3.05, 3.63) is 70.8 Å². The molecular weight excluding hydrogens is 1240 g/mol. The van der Waals surface area contributed by atoms with E-state index in [1.54, 1.807) is 90.1 Å². The summed E-state index contributed by atoms with van der Waals surface area (Å²) in [6, 6.07) is 9.72. The third-order valence-electron chi connectivity index (χ3n) is 11.1. The highest BCUT2D eigenvalue weighted by Gasteiger charge is 2.45. The summed E-state index contributed by atoms with van der Waals surface area (Å²) >= 11 is 0.